The fourth-order valence-corrected chi connectivity index (χ4v) is 3.27. The Morgan fingerprint density at radius 2 is 1.71 bits per heavy atom. The highest BCUT2D eigenvalue weighted by Crippen LogP contribution is 2.29. The summed E-state index contributed by atoms with van der Waals surface area (Å²) in [4.78, 5) is 26.2. The minimum Gasteiger partial charge on any atom is -0.444 e. The molecule has 0 atom stereocenters. The maximum atomic E-state index is 14.2. The standard InChI is InChI=1S/C21H21F6N5O3/c1-20(2,3)35-19(34)28-12(6-11-7-14(23)15(24)9-13(11)22)8-17(33)31-4-5-32-16(10-31)29-30-18(32)21(25,26)27/h7-9H,4-6,10H2,1-3H3,(H,28,34). The molecule has 3 rings (SSSR count). The van der Waals surface area contributed by atoms with E-state index in [1.165, 1.54) is 0 Å². The molecule has 2 heterocycles. The van der Waals surface area contributed by atoms with E-state index in [1.54, 1.807) is 20.8 Å². The number of hydrogen-bond donors (Lipinski definition) is 1. The van der Waals surface area contributed by atoms with Crippen LogP contribution >= 0.6 is 0 Å². The number of fused-ring (bicyclic) bond motifs is 1. The number of ether oxygens (including phenoxy) is 1. The number of rotatable bonds is 4. The van der Waals surface area contributed by atoms with Gasteiger partial charge in [0.05, 0.1) is 6.54 Å². The van der Waals surface area contributed by atoms with Crippen LogP contribution in [-0.4, -0.2) is 43.8 Å². The Hall–Kier alpha value is -3.58. The molecule has 0 bridgehead atoms. The molecule has 1 aliphatic heterocycles. The van der Waals surface area contributed by atoms with E-state index in [-0.39, 0.29) is 36.7 Å². The number of alkyl carbamates (subject to hydrolysis) is 1. The summed E-state index contributed by atoms with van der Waals surface area (Å²) in [6.45, 7) is 4.06. The lowest BCUT2D eigenvalue weighted by atomic mass is 10.1. The Morgan fingerprint density at radius 3 is 2.34 bits per heavy atom. The van der Waals surface area contributed by atoms with Crippen molar-refractivity contribution in [3.8, 4) is 0 Å². The van der Waals surface area contributed by atoms with Crippen LogP contribution in [0.2, 0.25) is 0 Å². The summed E-state index contributed by atoms with van der Waals surface area (Å²) in [7, 11) is 0. The van der Waals surface area contributed by atoms with E-state index in [0.717, 1.165) is 15.5 Å². The molecular formula is C21H21F6N5O3. The van der Waals surface area contributed by atoms with E-state index in [0.29, 0.717) is 12.1 Å². The van der Waals surface area contributed by atoms with Crippen molar-refractivity contribution in [2.24, 2.45) is 0 Å². The van der Waals surface area contributed by atoms with Gasteiger partial charge in [-0.05, 0) is 32.4 Å². The van der Waals surface area contributed by atoms with Gasteiger partial charge in [-0.2, -0.15) is 13.2 Å². The molecule has 35 heavy (non-hydrogen) atoms. The van der Waals surface area contributed by atoms with Crippen LogP contribution in [0.5, 0.6) is 0 Å². The third-order valence-electron chi connectivity index (χ3n) is 4.75. The number of nitrogens with one attached hydrogen (secondary N) is 1. The lowest BCUT2D eigenvalue weighted by molar-refractivity contribution is -0.148. The number of allylic oxidation sites excluding steroid dienone is 1. The van der Waals surface area contributed by atoms with Crippen LogP contribution in [0.15, 0.2) is 23.9 Å². The summed E-state index contributed by atoms with van der Waals surface area (Å²) >= 11 is 0. The van der Waals surface area contributed by atoms with E-state index in [4.69, 9.17) is 4.74 Å². The second kappa shape index (κ2) is 9.58. The largest absolute Gasteiger partial charge is 0.451 e. The maximum absolute atomic E-state index is 14.2. The molecule has 1 N–H and O–H groups in total. The maximum Gasteiger partial charge on any atom is 0.451 e. The molecule has 0 radical (unpaired) electrons. The highest BCUT2D eigenvalue weighted by atomic mass is 19.4. The summed E-state index contributed by atoms with van der Waals surface area (Å²) in [5.41, 5.74) is -1.48. The Bertz CT molecular complexity index is 1170. The first-order valence-electron chi connectivity index (χ1n) is 10.3. The summed E-state index contributed by atoms with van der Waals surface area (Å²) in [5.74, 6) is -5.89. The van der Waals surface area contributed by atoms with E-state index >= 15 is 0 Å². The second-order valence-electron chi connectivity index (χ2n) is 8.68. The molecule has 0 unspecified atom stereocenters. The number of carbonyl (C=O) groups is 2. The Labute approximate surface area is 195 Å². The number of benzene rings is 1. The summed E-state index contributed by atoms with van der Waals surface area (Å²) in [6, 6.07) is 0.912. The number of halogens is 6. The normalized spacial score (nSPS) is 14.5. The second-order valence-corrected chi connectivity index (χ2v) is 8.68. The number of hydrogen-bond acceptors (Lipinski definition) is 5. The SMILES string of the molecule is CC(C)(C)OC(=O)NC(=CC(=O)N1CCn2c(nnc2C(F)(F)F)C1)Cc1cc(F)c(F)cc1F. The van der Waals surface area contributed by atoms with Gasteiger partial charge in [-0.3, -0.25) is 10.1 Å². The quantitative estimate of drug-likeness (QED) is 0.389. The number of alkyl halides is 3. The first-order valence-corrected chi connectivity index (χ1v) is 10.3. The zero-order chi connectivity index (χ0) is 26.1. The summed E-state index contributed by atoms with van der Waals surface area (Å²) in [5, 5.41) is 8.90. The van der Waals surface area contributed by atoms with Gasteiger partial charge in [-0.25, -0.2) is 18.0 Å². The molecule has 0 fully saturated rings. The zero-order valence-electron chi connectivity index (χ0n) is 18.8. The predicted molar refractivity (Wildman–Crippen MR) is 108 cm³/mol. The van der Waals surface area contributed by atoms with Gasteiger partial charge < -0.3 is 14.2 Å². The molecule has 0 saturated heterocycles. The molecule has 1 aromatic carbocycles. The molecule has 0 saturated carbocycles. The van der Waals surface area contributed by atoms with Gasteiger partial charge in [0.15, 0.2) is 17.5 Å². The third-order valence-corrected chi connectivity index (χ3v) is 4.75. The van der Waals surface area contributed by atoms with Gasteiger partial charge in [-0.1, -0.05) is 0 Å². The molecule has 8 nitrogen and oxygen atoms in total. The van der Waals surface area contributed by atoms with Crippen LogP contribution in [-0.2, 0) is 35.2 Å². The van der Waals surface area contributed by atoms with Crippen molar-refractivity contribution in [2.45, 2.75) is 52.1 Å². The van der Waals surface area contributed by atoms with Crippen LogP contribution < -0.4 is 5.32 Å². The van der Waals surface area contributed by atoms with Crippen LogP contribution in [0, 0.1) is 17.5 Å². The van der Waals surface area contributed by atoms with Crippen molar-refractivity contribution in [1.82, 2.24) is 25.0 Å². The summed E-state index contributed by atoms with van der Waals surface area (Å²) in [6.07, 6.45) is -5.32. The summed E-state index contributed by atoms with van der Waals surface area (Å²) < 4.78 is 86.1. The minimum absolute atomic E-state index is 0.0985. The highest BCUT2D eigenvalue weighted by Gasteiger charge is 2.39. The van der Waals surface area contributed by atoms with Crippen LogP contribution in [0.3, 0.4) is 0 Å². The van der Waals surface area contributed by atoms with E-state index in [2.05, 4.69) is 15.5 Å². The van der Waals surface area contributed by atoms with Crippen LogP contribution in [0.1, 0.15) is 38.0 Å². The topological polar surface area (TPSA) is 89.4 Å². The van der Waals surface area contributed by atoms with Crippen molar-refractivity contribution in [1.29, 1.82) is 0 Å². The molecule has 14 heteroatoms. The van der Waals surface area contributed by atoms with Gasteiger partial charge in [0.1, 0.15) is 11.4 Å². The van der Waals surface area contributed by atoms with Gasteiger partial charge in [0.2, 0.25) is 11.7 Å². The fourth-order valence-electron chi connectivity index (χ4n) is 3.27. The van der Waals surface area contributed by atoms with Crippen molar-refractivity contribution < 1.29 is 40.7 Å². The molecule has 190 valence electrons. The van der Waals surface area contributed by atoms with Gasteiger partial charge >= 0.3 is 12.3 Å². The number of aromatic nitrogens is 3. The van der Waals surface area contributed by atoms with Crippen LogP contribution in [0.4, 0.5) is 31.1 Å². The first kappa shape index (κ1) is 26.0. The van der Waals surface area contributed by atoms with Gasteiger partial charge in [0.25, 0.3) is 0 Å². The van der Waals surface area contributed by atoms with E-state index in [1.807, 2.05) is 0 Å². The number of carbonyl (C=O) groups excluding carboxylic acids is 2. The smallest absolute Gasteiger partial charge is 0.444 e. The first-order chi connectivity index (χ1) is 16.1. The lowest BCUT2D eigenvalue weighted by Crippen LogP contribution is -2.39. The number of amides is 2. The molecule has 0 aliphatic carbocycles. The van der Waals surface area contributed by atoms with Crippen molar-refractivity contribution in [3.63, 3.8) is 0 Å². The van der Waals surface area contributed by atoms with Gasteiger partial charge in [-0.15, -0.1) is 10.2 Å². The van der Waals surface area contributed by atoms with E-state index < -0.39 is 53.5 Å². The third kappa shape index (κ3) is 6.51. The molecular weight excluding hydrogens is 484 g/mol. The average Bonchev–Trinajstić information content (AvgIpc) is 3.14. The van der Waals surface area contributed by atoms with Crippen LogP contribution in [0.25, 0.3) is 0 Å². The fraction of sp³-hybridized carbons (Fsp3) is 0.429. The average molecular weight is 505 g/mol. The zero-order valence-corrected chi connectivity index (χ0v) is 18.8. The van der Waals surface area contributed by atoms with E-state index in [9.17, 15) is 35.9 Å². The molecule has 2 amide bonds. The van der Waals surface area contributed by atoms with Crippen molar-refractivity contribution in [2.75, 3.05) is 6.54 Å². The molecule has 2 aromatic rings. The minimum atomic E-state index is -4.71. The highest BCUT2D eigenvalue weighted by molar-refractivity contribution is 5.89. The van der Waals surface area contributed by atoms with Gasteiger partial charge in [0, 0.05) is 37.3 Å². The Balaban J connectivity index is 1.85. The molecule has 1 aliphatic rings. The van der Waals surface area contributed by atoms with Crippen molar-refractivity contribution in [3.05, 3.63) is 58.6 Å². The Morgan fingerprint density at radius 1 is 1.06 bits per heavy atom. The molecule has 0 spiro atoms. The number of nitrogens with zero attached hydrogens (tertiary/aromatic N) is 4. The van der Waals surface area contributed by atoms with Crippen molar-refractivity contribution >= 4 is 12.0 Å². The Kier molecular flexibility index (Phi) is 7.13. The molecule has 1 aromatic heterocycles. The monoisotopic (exact) mass is 505 g/mol. The lowest BCUT2D eigenvalue weighted by Gasteiger charge is -2.27. The predicted octanol–water partition coefficient (Wildman–Crippen LogP) is 3.71.